The van der Waals surface area contributed by atoms with Crippen molar-refractivity contribution in [3.05, 3.63) is 35.4 Å². The van der Waals surface area contributed by atoms with E-state index in [1.165, 1.54) is 23.1 Å². The molecule has 1 fully saturated rings. The maximum atomic E-state index is 11.9. The number of carbonyl (C=O) groups excluding carboxylic acids is 1. The van der Waals surface area contributed by atoms with Crippen molar-refractivity contribution in [2.24, 2.45) is 5.92 Å². The number of halogens is 1. The highest BCUT2D eigenvalue weighted by atomic mass is 35.5. The second-order valence-corrected chi connectivity index (χ2v) is 7.53. The van der Waals surface area contributed by atoms with Crippen molar-refractivity contribution in [2.75, 3.05) is 17.7 Å². The molecule has 0 saturated heterocycles. The highest BCUT2D eigenvalue weighted by Gasteiger charge is 2.23. The van der Waals surface area contributed by atoms with Crippen LogP contribution in [-0.4, -0.2) is 37.7 Å². The summed E-state index contributed by atoms with van der Waals surface area (Å²) >= 11 is 6.25. The van der Waals surface area contributed by atoms with Crippen LogP contribution in [0.25, 0.3) is 11.0 Å². The third kappa shape index (κ3) is 4.04. The van der Waals surface area contributed by atoms with Crippen LogP contribution in [0.3, 0.4) is 0 Å². The first-order valence-electron chi connectivity index (χ1n) is 9.48. The first kappa shape index (κ1) is 19.3. The Morgan fingerprint density at radius 2 is 2.21 bits per heavy atom. The molecule has 1 unspecified atom stereocenters. The molecule has 0 aliphatic heterocycles. The summed E-state index contributed by atoms with van der Waals surface area (Å²) in [6.45, 7) is 3.87. The number of nitrogens with zero attached hydrogens (tertiary/aromatic N) is 4. The number of carbonyl (C=O) groups is 1. The number of aromatic amines is 1. The highest BCUT2D eigenvalue weighted by Crippen LogP contribution is 2.36. The number of allylic oxidation sites excluding steroid dienone is 1. The fourth-order valence-electron chi connectivity index (χ4n) is 3.05. The van der Waals surface area contributed by atoms with Gasteiger partial charge in [0.1, 0.15) is 17.5 Å². The molecule has 4 rings (SSSR count). The molecule has 1 atom stereocenters. The lowest BCUT2D eigenvalue weighted by Crippen LogP contribution is -2.28. The predicted molar refractivity (Wildman–Crippen MR) is 113 cm³/mol. The summed E-state index contributed by atoms with van der Waals surface area (Å²) in [5, 5.41) is 14.3. The van der Waals surface area contributed by atoms with E-state index >= 15 is 0 Å². The standard InChI is InChI=1S/C19H23ClN8O/c1-10(12-4-5-12)8-23-17-13-6-7-22-16(13)25-19(26-17)24-14-9-28(27-15(14)20)11(2)18(29)21-3/h6-9,11-12H,4-5H2,1-3H3,(H,21,29)(H3,22,23,24,25,26). The van der Waals surface area contributed by atoms with E-state index in [0.717, 1.165) is 5.39 Å². The molecule has 3 aromatic rings. The van der Waals surface area contributed by atoms with E-state index in [-0.39, 0.29) is 11.1 Å². The lowest BCUT2D eigenvalue weighted by atomic mass is 10.2. The van der Waals surface area contributed by atoms with Crippen LogP contribution in [0.2, 0.25) is 5.15 Å². The molecule has 0 spiro atoms. The summed E-state index contributed by atoms with van der Waals surface area (Å²) < 4.78 is 1.50. The normalized spacial score (nSPS) is 15.4. The summed E-state index contributed by atoms with van der Waals surface area (Å²) in [6.07, 6.45) is 7.98. The van der Waals surface area contributed by atoms with E-state index < -0.39 is 6.04 Å². The van der Waals surface area contributed by atoms with E-state index in [0.29, 0.717) is 29.0 Å². The zero-order valence-corrected chi connectivity index (χ0v) is 17.2. The monoisotopic (exact) mass is 414 g/mol. The Morgan fingerprint density at radius 3 is 2.93 bits per heavy atom. The number of hydrogen-bond acceptors (Lipinski definition) is 6. The molecule has 0 radical (unpaired) electrons. The van der Waals surface area contributed by atoms with Crippen LogP contribution < -0.4 is 16.0 Å². The number of hydrogen-bond donors (Lipinski definition) is 4. The van der Waals surface area contributed by atoms with Gasteiger partial charge in [-0.3, -0.25) is 9.48 Å². The van der Waals surface area contributed by atoms with Crippen LogP contribution in [0.4, 0.5) is 17.5 Å². The van der Waals surface area contributed by atoms with Crippen molar-refractivity contribution in [3.8, 4) is 0 Å². The molecule has 1 aliphatic carbocycles. The van der Waals surface area contributed by atoms with Crippen molar-refractivity contribution >= 4 is 46.0 Å². The van der Waals surface area contributed by atoms with E-state index in [4.69, 9.17) is 11.6 Å². The smallest absolute Gasteiger partial charge is 0.244 e. The van der Waals surface area contributed by atoms with Gasteiger partial charge in [-0.15, -0.1) is 0 Å². The molecular formula is C19H23ClN8O. The molecule has 152 valence electrons. The van der Waals surface area contributed by atoms with Crippen LogP contribution in [0, 0.1) is 5.92 Å². The zero-order valence-electron chi connectivity index (χ0n) is 16.5. The molecule has 1 aliphatic rings. The van der Waals surface area contributed by atoms with Gasteiger partial charge in [0.2, 0.25) is 11.9 Å². The minimum Gasteiger partial charge on any atom is -0.357 e. The number of fused-ring (bicyclic) bond motifs is 1. The van der Waals surface area contributed by atoms with Gasteiger partial charge in [-0.1, -0.05) is 17.2 Å². The highest BCUT2D eigenvalue weighted by molar-refractivity contribution is 6.32. The molecular weight excluding hydrogens is 392 g/mol. The third-order valence-corrected chi connectivity index (χ3v) is 5.31. The van der Waals surface area contributed by atoms with Crippen LogP contribution in [0.15, 0.2) is 30.2 Å². The quantitative estimate of drug-likeness (QED) is 0.470. The number of anilines is 3. The summed E-state index contributed by atoms with van der Waals surface area (Å²) in [5.41, 5.74) is 2.53. The summed E-state index contributed by atoms with van der Waals surface area (Å²) in [7, 11) is 1.58. The van der Waals surface area contributed by atoms with Crippen LogP contribution in [-0.2, 0) is 4.79 Å². The van der Waals surface area contributed by atoms with Crippen molar-refractivity contribution in [3.63, 3.8) is 0 Å². The maximum Gasteiger partial charge on any atom is 0.244 e. The van der Waals surface area contributed by atoms with Gasteiger partial charge in [-0.2, -0.15) is 15.1 Å². The Balaban J connectivity index is 1.60. The minimum absolute atomic E-state index is 0.163. The Bertz CT molecular complexity index is 1080. The number of rotatable bonds is 7. The lowest BCUT2D eigenvalue weighted by Gasteiger charge is -2.09. The molecule has 0 bridgehead atoms. The first-order valence-corrected chi connectivity index (χ1v) is 9.85. The number of likely N-dealkylation sites (N-methyl/N-ethyl adjacent to an activating group) is 1. The van der Waals surface area contributed by atoms with Gasteiger partial charge in [0, 0.05) is 19.4 Å². The van der Waals surface area contributed by atoms with Gasteiger partial charge in [0.25, 0.3) is 0 Å². The van der Waals surface area contributed by atoms with Crippen LogP contribution in [0.1, 0.15) is 32.7 Å². The van der Waals surface area contributed by atoms with Gasteiger partial charge < -0.3 is 20.9 Å². The average Bonchev–Trinajstić information content (AvgIpc) is 3.36. The average molecular weight is 415 g/mol. The summed E-state index contributed by atoms with van der Waals surface area (Å²) in [5.74, 6) is 1.58. The van der Waals surface area contributed by atoms with E-state index in [1.54, 1.807) is 20.2 Å². The number of nitrogens with one attached hydrogen (secondary N) is 4. The van der Waals surface area contributed by atoms with Gasteiger partial charge >= 0.3 is 0 Å². The predicted octanol–water partition coefficient (Wildman–Crippen LogP) is 3.58. The van der Waals surface area contributed by atoms with Crippen molar-refractivity contribution in [1.82, 2.24) is 30.0 Å². The zero-order chi connectivity index (χ0) is 20.5. The van der Waals surface area contributed by atoms with Crippen LogP contribution in [0.5, 0.6) is 0 Å². The van der Waals surface area contributed by atoms with Crippen molar-refractivity contribution in [2.45, 2.75) is 32.7 Å². The SMILES string of the molecule is CNC(=O)C(C)n1cc(Nc2nc(NC=C(C)C3CC3)c3cc[nH]c3n2)c(Cl)n1. The van der Waals surface area contributed by atoms with Crippen LogP contribution >= 0.6 is 11.6 Å². The maximum absolute atomic E-state index is 11.9. The first-order chi connectivity index (χ1) is 14.0. The third-order valence-electron chi connectivity index (χ3n) is 5.03. The van der Waals surface area contributed by atoms with E-state index in [9.17, 15) is 4.79 Å². The number of amides is 1. The van der Waals surface area contributed by atoms with Crippen molar-refractivity contribution in [1.29, 1.82) is 0 Å². The lowest BCUT2D eigenvalue weighted by molar-refractivity contribution is -0.123. The molecule has 3 heterocycles. The Labute approximate surface area is 172 Å². The minimum atomic E-state index is -0.493. The van der Waals surface area contributed by atoms with Gasteiger partial charge in [0.05, 0.1) is 17.3 Å². The fourth-order valence-corrected chi connectivity index (χ4v) is 3.23. The van der Waals surface area contributed by atoms with Gasteiger partial charge in [0.15, 0.2) is 5.15 Å². The second-order valence-electron chi connectivity index (χ2n) is 7.17. The van der Waals surface area contributed by atoms with E-state index in [1.807, 2.05) is 18.5 Å². The van der Waals surface area contributed by atoms with E-state index in [2.05, 4.69) is 42.9 Å². The number of aromatic nitrogens is 5. The molecule has 1 amide bonds. The Morgan fingerprint density at radius 1 is 1.41 bits per heavy atom. The fraction of sp³-hybridized carbons (Fsp3) is 0.368. The van der Waals surface area contributed by atoms with Gasteiger partial charge in [-0.05, 0) is 38.7 Å². The molecule has 9 nitrogen and oxygen atoms in total. The summed E-state index contributed by atoms with van der Waals surface area (Å²) in [6, 6.07) is 1.44. The topological polar surface area (TPSA) is 113 Å². The molecule has 0 aromatic carbocycles. The molecule has 1 saturated carbocycles. The molecule has 10 heteroatoms. The number of H-pyrrole nitrogens is 1. The van der Waals surface area contributed by atoms with Crippen molar-refractivity contribution < 1.29 is 4.79 Å². The Hall–Kier alpha value is -3.07. The second kappa shape index (κ2) is 7.75. The summed E-state index contributed by atoms with van der Waals surface area (Å²) in [4.78, 5) is 24.1. The Kier molecular flexibility index (Phi) is 5.14. The van der Waals surface area contributed by atoms with Gasteiger partial charge in [-0.25, -0.2) is 0 Å². The molecule has 29 heavy (non-hydrogen) atoms. The molecule has 3 aromatic heterocycles. The molecule has 4 N–H and O–H groups in total. The largest absolute Gasteiger partial charge is 0.357 e.